The summed E-state index contributed by atoms with van der Waals surface area (Å²) in [5.74, 6) is -0.0370. The minimum Gasteiger partial charge on any atom is -0.290 e. The molecule has 0 unspecified atom stereocenters. The predicted molar refractivity (Wildman–Crippen MR) is 58.1 cm³/mol. The highest BCUT2D eigenvalue weighted by Crippen LogP contribution is 2.25. The molecule has 0 atom stereocenters. The van der Waals surface area contributed by atoms with Crippen LogP contribution < -0.4 is 5.69 Å². The molecule has 5 nitrogen and oxygen atoms in total. The fourth-order valence-electron chi connectivity index (χ4n) is 2.00. The number of rotatable bonds is 0. The molecule has 6 heteroatoms. The van der Waals surface area contributed by atoms with E-state index < -0.39 is 15.5 Å². The lowest BCUT2D eigenvalue weighted by Crippen LogP contribution is -2.31. The zero-order valence-electron chi connectivity index (χ0n) is 8.25. The van der Waals surface area contributed by atoms with Crippen molar-refractivity contribution >= 4 is 20.7 Å². The van der Waals surface area contributed by atoms with Gasteiger partial charge < -0.3 is 0 Å². The number of para-hydroxylation sites is 1. The third-order valence-corrected chi connectivity index (χ3v) is 4.48. The Hall–Kier alpha value is -1.69. The van der Waals surface area contributed by atoms with Crippen LogP contribution in [-0.2, 0) is 16.4 Å². The van der Waals surface area contributed by atoms with E-state index in [0.717, 1.165) is 0 Å². The maximum absolute atomic E-state index is 11.8. The number of hydrogen-bond acceptors (Lipinski definition) is 4. The molecule has 1 aromatic carbocycles. The zero-order valence-corrected chi connectivity index (χ0v) is 9.07. The van der Waals surface area contributed by atoms with Crippen molar-refractivity contribution < 1.29 is 8.42 Å². The Morgan fingerprint density at radius 3 is 2.94 bits per heavy atom. The van der Waals surface area contributed by atoms with Crippen molar-refractivity contribution in [2.45, 2.75) is 11.4 Å². The van der Waals surface area contributed by atoms with E-state index in [-0.39, 0.29) is 17.2 Å². The lowest BCUT2D eigenvalue weighted by atomic mass is 10.2. The Morgan fingerprint density at radius 2 is 2.12 bits per heavy atom. The van der Waals surface area contributed by atoms with Crippen LogP contribution in [0, 0.1) is 0 Å². The molecule has 2 heterocycles. The molecule has 0 aliphatic carbocycles. The summed E-state index contributed by atoms with van der Waals surface area (Å²) in [5, 5.41) is 0.681. The second-order valence-electron chi connectivity index (χ2n) is 3.71. The van der Waals surface area contributed by atoms with Crippen LogP contribution in [0.3, 0.4) is 0 Å². The smallest absolute Gasteiger partial charge is 0.290 e. The predicted octanol–water partition coefficient (Wildman–Crippen LogP) is 0.184. The largest absolute Gasteiger partial charge is 0.348 e. The van der Waals surface area contributed by atoms with E-state index in [2.05, 4.69) is 4.98 Å². The van der Waals surface area contributed by atoms with Crippen LogP contribution in [0.25, 0.3) is 10.9 Å². The average molecular weight is 236 g/mol. The fraction of sp³-hybridized carbons (Fsp3) is 0.200. The van der Waals surface area contributed by atoms with Gasteiger partial charge in [-0.1, -0.05) is 12.1 Å². The summed E-state index contributed by atoms with van der Waals surface area (Å²) in [6, 6.07) is 4.95. The van der Waals surface area contributed by atoms with E-state index in [1.165, 1.54) is 16.8 Å². The number of nitrogens with zero attached hydrogens (tertiary/aromatic N) is 2. The average Bonchev–Trinajstić information content (AvgIpc) is 2.26. The van der Waals surface area contributed by atoms with Gasteiger partial charge in [0.15, 0.2) is 9.84 Å². The summed E-state index contributed by atoms with van der Waals surface area (Å²) in [4.78, 5) is 15.5. The van der Waals surface area contributed by atoms with Gasteiger partial charge in [0.05, 0.1) is 16.2 Å². The van der Waals surface area contributed by atoms with Gasteiger partial charge in [0.25, 0.3) is 0 Å². The molecule has 1 aromatic heterocycles. The van der Waals surface area contributed by atoms with Crippen LogP contribution >= 0.6 is 0 Å². The Kier molecular flexibility index (Phi) is 1.74. The van der Waals surface area contributed by atoms with Crippen molar-refractivity contribution in [3.63, 3.8) is 0 Å². The molecule has 1 aliphatic rings. The fourth-order valence-corrected chi connectivity index (χ4v) is 3.45. The summed E-state index contributed by atoms with van der Waals surface area (Å²) >= 11 is 0. The van der Waals surface area contributed by atoms with Gasteiger partial charge in [-0.3, -0.25) is 4.57 Å². The van der Waals surface area contributed by atoms with Crippen molar-refractivity contribution in [2.24, 2.45) is 0 Å². The Labute approximate surface area is 91.3 Å². The molecule has 82 valence electrons. The van der Waals surface area contributed by atoms with E-state index in [1.807, 2.05) is 0 Å². The van der Waals surface area contributed by atoms with Crippen molar-refractivity contribution in [3.8, 4) is 0 Å². The molecule has 0 fully saturated rings. The summed E-state index contributed by atoms with van der Waals surface area (Å²) < 4.78 is 25.1. The molecule has 1 aliphatic heterocycles. The van der Waals surface area contributed by atoms with Crippen LogP contribution in [-0.4, -0.2) is 23.7 Å². The van der Waals surface area contributed by atoms with E-state index in [0.29, 0.717) is 10.9 Å². The van der Waals surface area contributed by atoms with Crippen LogP contribution in [0.4, 0.5) is 0 Å². The van der Waals surface area contributed by atoms with Gasteiger partial charge in [-0.05, 0) is 6.07 Å². The van der Waals surface area contributed by atoms with Crippen molar-refractivity contribution in [3.05, 3.63) is 34.9 Å². The number of benzene rings is 1. The first-order valence-electron chi connectivity index (χ1n) is 4.81. The molecule has 16 heavy (non-hydrogen) atoms. The Morgan fingerprint density at radius 1 is 1.31 bits per heavy atom. The van der Waals surface area contributed by atoms with E-state index in [1.54, 1.807) is 12.1 Å². The molecule has 3 rings (SSSR count). The highest BCUT2D eigenvalue weighted by Gasteiger charge is 2.25. The second-order valence-corrected chi connectivity index (χ2v) is 5.78. The molecule has 0 amide bonds. The molecular weight excluding hydrogens is 228 g/mol. The molecule has 0 saturated heterocycles. The van der Waals surface area contributed by atoms with Crippen LogP contribution in [0.5, 0.6) is 0 Å². The molecule has 0 spiro atoms. The first kappa shape index (κ1) is 9.53. The lowest BCUT2D eigenvalue weighted by Gasteiger charge is -2.18. The second kappa shape index (κ2) is 2.91. The van der Waals surface area contributed by atoms with Crippen LogP contribution in [0.15, 0.2) is 34.1 Å². The van der Waals surface area contributed by atoms with Crippen LogP contribution in [0.1, 0.15) is 0 Å². The summed E-state index contributed by atoms with van der Waals surface area (Å²) in [7, 11) is -3.25. The SMILES string of the molecule is O=c1ncc2cccc3c2n1CCS3(=O)=O. The number of sulfone groups is 1. The van der Waals surface area contributed by atoms with Gasteiger partial charge in [-0.15, -0.1) is 0 Å². The van der Waals surface area contributed by atoms with Gasteiger partial charge in [0.2, 0.25) is 0 Å². The topological polar surface area (TPSA) is 69.0 Å². The third kappa shape index (κ3) is 1.13. The van der Waals surface area contributed by atoms with Gasteiger partial charge >= 0.3 is 5.69 Å². The van der Waals surface area contributed by atoms with Gasteiger partial charge in [-0.25, -0.2) is 18.2 Å². The molecule has 0 radical (unpaired) electrons. The van der Waals surface area contributed by atoms with Crippen molar-refractivity contribution in [2.75, 3.05) is 5.75 Å². The van der Waals surface area contributed by atoms with E-state index >= 15 is 0 Å². The normalized spacial score (nSPS) is 17.5. The zero-order chi connectivity index (χ0) is 11.3. The summed E-state index contributed by atoms with van der Waals surface area (Å²) in [6.45, 7) is 0.183. The van der Waals surface area contributed by atoms with Crippen molar-refractivity contribution in [1.82, 2.24) is 9.55 Å². The monoisotopic (exact) mass is 236 g/mol. The maximum Gasteiger partial charge on any atom is 0.348 e. The third-order valence-electron chi connectivity index (χ3n) is 2.76. The highest BCUT2D eigenvalue weighted by molar-refractivity contribution is 7.91. The minimum absolute atomic E-state index is 0.0370. The van der Waals surface area contributed by atoms with Gasteiger partial charge in [0, 0.05) is 18.1 Å². The van der Waals surface area contributed by atoms with E-state index in [4.69, 9.17) is 0 Å². The summed E-state index contributed by atoms with van der Waals surface area (Å²) in [6.07, 6.45) is 1.42. The van der Waals surface area contributed by atoms with Gasteiger partial charge in [-0.2, -0.15) is 0 Å². The number of aromatic nitrogens is 2. The number of hydrogen-bond donors (Lipinski definition) is 0. The molecule has 0 saturated carbocycles. The lowest BCUT2D eigenvalue weighted by molar-refractivity contribution is 0.581. The first-order valence-corrected chi connectivity index (χ1v) is 6.46. The minimum atomic E-state index is -3.25. The molecule has 0 bridgehead atoms. The standard InChI is InChI=1S/C10H8N2O3S/c13-10-11-6-7-2-1-3-8-9(7)12(10)4-5-16(8,14)15/h1-3,6H,4-5H2. The quantitative estimate of drug-likeness (QED) is 0.654. The maximum atomic E-state index is 11.8. The van der Waals surface area contributed by atoms with Gasteiger partial charge in [0.1, 0.15) is 0 Å². The molecule has 0 N–H and O–H groups in total. The van der Waals surface area contributed by atoms with Crippen LogP contribution in [0.2, 0.25) is 0 Å². The van der Waals surface area contributed by atoms with E-state index in [9.17, 15) is 13.2 Å². The highest BCUT2D eigenvalue weighted by atomic mass is 32.2. The number of aryl methyl sites for hydroxylation is 1. The van der Waals surface area contributed by atoms with Crippen molar-refractivity contribution in [1.29, 1.82) is 0 Å². The summed E-state index contributed by atoms with van der Waals surface area (Å²) in [5.41, 5.74) is 0.0867. The first-order chi connectivity index (χ1) is 7.59. The Bertz CT molecular complexity index is 746. The Balaban J connectivity index is 2.64. The molecular formula is C10H8N2O3S. The molecule has 2 aromatic rings.